The van der Waals surface area contributed by atoms with E-state index in [1.165, 1.54) is 0 Å². The molecule has 1 aliphatic heterocycles. The molecular formula is C14H22N2O2. The third kappa shape index (κ3) is 2.82. The molecule has 4 heteroatoms. The van der Waals surface area contributed by atoms with E-state index in [1.807, 2.05) is 13.0 Å². The monoisotopic (exact) mass is 250 g/mol. The smallest absolute Gasteiger partial charge is 0.138 e. The van der Waals surface area contributed by atoms with E-state index in [-0.39, 0.29) is 17.4 Å². The summed E-state index contributed by atoms with van der Waals surface area (Å²) in [5, 5.41) is 9.88. The number of pyridine rings is 1. The van der Waals surface area contributed by atoms with E-state index < -0.39 is 0 Å². The Hall–Kier alpha value is -1.13. The first-order chi connectivity index (χ1) is 8.38. The number of hydrogen-bond acceptors (Lipinski definition) is 4. The van der Waals surface area contributed by atoms with Crippen molar-refractivity contribution in [2.45, 2.75) is 45.9 Å². The van der Waals surface area contributed by atoms with Crippen LogP contribution in [0, 0.1) is 6.92 Å². The summed E-state index contributed by atoms with van der Waals surface area (Å²) < 4.78 is 5.69. The highest BCUT2D eigenvalue weighted by Gasteiger charge is 2.33. The van der Waals surface area contributed by atoms with Crippen LogP contribution in [0.25, 0.3) is 0 Å². The van der Waals surface area contributed by atoms with Crippen molar-refractivity contribution >= 4 is 0 Å². The van der Waals surface area contributed by atoms with Crippen LogP contribution in [0.1, 0.15) is 32.2 Å². The van der Waals surface area contributed by atoms with Gasteiger partial charge in [0, 0.05) is 24.3 Å². The second-order valence-electron chi connectivity index (χ2n) is 5.73. The fraction of sp³-hybridized carbons (Fsp3) is 0.643. The van der Waals surface area contributed by atoms with Crippen LogP contribution in [-0.2, 0) is 11.3 Å². The number of hydrogen-bond donors (Lipinski definition) is 1. The lowest BCUT2D eigenvalue weighted by Crippen LogP contribution is -2.54. The third-order valence-corrected chi connectivity index (χ3v) is 3.48. The molecule has 0 saturated carbocycles. The number of ether oxygens (including phenoxy) is 1. The van der Waals surface area contributed by atoms with Gasteiger partial charge >= 0.3 is 0 Å². The van der Waals surface area contributed by atoms with Crippen LogP contribution in [0.5, 0.6) is 5.75 Å². The molecule has 1 aliphatic rings. The largest absolute Gasteiger partial charge is 0.506 e. The molecule has 1 aromatic rings. The summed E-state index contributed by atoms with van der Waals surface area (Å²) in [5.74, 6) is 0.274. The van der Waals surface area contributed by atoms with E-state index in [2.05, 4.69) is 30.7 Å². The first-order valence-electron chi connectivity index (χ1n) is 6.40. The van der Waals surface area contributed by atoms with Gasteiger partial charge in [-0.2, -0.15) is 0 Å². The molecule has 1 fully saturated rings. The Morgan fingerprint density at radius 2 is 2.22 bits per heavy atom. The van der Waals surface area contributed by atoms with Crippen molar-refractivity contribution in [3.63, 3.8) is 0 Å². The number of nitrogens with zero attached hydrogens (tertiary/aromatic N) is 2. The van der Waals surface area contributed by atoms with Gasteiger partial charge in [0.2, 0.25) is 0 Å². The van der Waals surface area contributed by atoms with Gasteiger partial charge in [0.15, 0.2) is 0 Å². The Morgan fingerprint density at radius 3 is 2.94 bits per heavy atom. The van der Waals surface area contributed by atoms with Crippen molar-refractivity contribution in [3.05, 3.63) is 23.5 Å². The third-order valence-electron chi connectivity index (χ3n) is 3.48. The van der Waals surface area contributed by atoms with Crippen LogP contribution in [-0.4, -0.2) is 39.8 Å². The molecule has 1 aromatic heterocycles. The number of aryl methyl sites for hydroxylation is 1. The van der Waals surface area contributed by atoms with Crippen molar-refractivity contribution in [1.82, 2.24) is 9.88 Å². The van der Waals surface area contributed by atoms with Crippen LogP contribution in [0.2, 0.25) is 0 Å². The summed E-state index contributed by atoms with van der Waals surface area (Å²) in [7, 11) is 0. The molecule has 0 bridgehead atoms. The number of aromatic hydroxyl groups is 1. The SMILES string of the molecule is Cc1ccc(O)c(CN2C[C@H](C)OCC2(C)C)n1. The fourth-order valence-electron chi connectivity index (χ4n) is 2.23. The summed E-state index contributed by atoms with van der Waals surface area (Å²) in [6.07, 6.45) is 0.227. The highest BCUT2D eigenvalue weighted by atomic mass is 16.5. The average molecular weight is 250 g/mol. The lowest BCUT2D eigenvalue weighted by Gasteiger charge is -2.44. The molecule has 0 amide bonds. The van der Waals surface area contributed by atoms with Crippen molar-refractivity contribution in [2.75, 3.05) is 13.2 Å². The van der Waals surface area contributed by atoms with Gasteiger partial charge in [-0.1, -0.05) is 0 Å². The molecule has 1 atom stereocenters. The predicted molar refractivity (Wildman–Crippen MR) is 70.5 cm³/mol. The van der Waals surface area contributed by atoms with Gasteiger partial charge in [0.05, 0.1) is 18.4 Å². The standard InChI is InChI=1S/C14H22N2O2/c1-10-5-6-13(17)12(15-10)8-16-7-11(2)18-9-14(16,3)4/h5-6,11,17H,7-9H2,1-4H3/t11-/m0/s1. The average Bonchev–Trinajstić information content (AvgIpc) is 2.29. The Labute approximate surface area is 109 Å². The second kappa shape index (κ2) is 4.86. The maximum atomic E-state index is 9.88. The number of rotatable bonds is 2. The van der Waals surface area contributed by atoms with E-state index in [0.717, 1.165) is 17.9 Å². The highest BCUT2D eigenvalue weighted by Crippen LogP contribution is 2.26. The van der Waals surface area contributed by atoms with E-state index in [0.29, 0.717) is 13.2 Å². The van der Waals surface area contributed by atoms with Gasteiger partial charge < -0.3 is 9.84 Å². The molecule has 1 N–H and O–H groups in total. The first-order valence-corrected chi connectivity index (χ1v) is 6.40. The zero-order valence-corrected chi connectivity index (χ0v) is 11.6. The second-order valence-corrected chi connectivity index (χ2v) is 5.73. The van der Waals surface area contributed by atoms with E-state index in [9.17, 15) is 5.11 Å². The molecule has 0 aromatic carbocycles. The normalized spacial score (nSPS) is 24.1. The Morgan fingerprint density at radius 1 is 1.50 bits per heavy atom. The van der Waals surface area contributed by atoms with Gasteiger partial charge in [-0.05, 0) is 39.8 Å². The minimum absolute atomic E-state index is 0.0234. The lowest BCUT2D eigenvalue weighted by molar-refractivity contribution is -0.0955. The molecule has 2 heterocycles. The van der Waals surface area contributed by atoms with Crippen LogP contribution in [0.3, 0.4) is 0 Å². The van der Waals surface area contributed by atoms with Crippen molar-refractivity contribution in [2.24, 2.45) is 0 Å². The van der Waals surface area contributed by atoms with Crippen LogP contribution in [0.4, 0.5) is 0 Å². The minimum Gasteiger partial charge on any atom is -0.506 e. The fourth-order valence-corrected chi connectivity index (χ4v) is 2.23. The molecule has 100 valence electrons. The summed E-state index contributed by atoms with van der Waals surface area (Å²) in [6.45, 7) is 10.6. The molecule has 1 saturated heterocycles. The molecule has 0 unspecified atom stereocenters. The zero-order valence-electron chi connectivity index (χ0n) is 11.6. The summed E-state index contributed by atoms with van der Waals surface area (Å²) >= 11 is 0. The number of morpholine rings is 1. The topological polar surface area (TPSA) is 45.6 Å². The van der Waals surface area contributed by atoms with Gasteiger partial charge in [0.25, 0.3) is 0 Å². The summed E-state index contributed by atoms with van der Waals surface area (Å²) in [4.78, 5) is 6.75. The first kappa shape index (κ1) is 13.3. The van der Waals surface area contributed by atoms with Crippen LogP contribution < -0.4 is 0 Å². The Bertz CT molecular complexity index is 432. The van der Waals surface area contributed by atoms with Crippen LogP contribution in [0.15, 0.2) is 12.1 Å². The Kier molecular flexibility index (Phi) is 3.59. The molecule has 0 aliphatic carbocycles. The molecule has 18 heavy (non-hydrogen) atoms. The van der Waals surface area contributed by atoms with Crippen molar-refractivity contribution < 1.29 is 9.84 Å². The van der Waals surface area contributed by atoms with Crippen molar-refractivity contribution in [3.8, 4) is 5.75 Å². The minimum atomic E-state index is -0.0234. The molecule has 0 radical (unpaired) electrons. The van der Waals surface area contributed by atoms with Crippen molar-refractivity contribution in [1.29, 1.82) is 0 Å². The lowest BCUT2D eigenvalue weighted by atomic mass is 10.0. The maximum absolute atomic E-state index is 9.88. The molecular weight excluding hydrogens is 228 g/mol. The van der Waals surface area contributed by atoms with Gasteiger partial charge in [-0.15, -0.1) is 0 Å². The van der Waals surface area contributed by atoms with Crippen LogP contribution >= 0.6 is 0 Å². The Balaban J connectivity index is 2.18. The summed E-state index contributed by atoms with van der Waals surface area (Å²) in [5.41, 5.74) is 1.66. The van der Waals surface area contributed by atoms with Gasteiger partial charge in [0.1, 0.15) is 5.75 Å². The van der Waals surface area contributed by atoms with E-state index in [4.69, 9.17) is 4.74 Å². The van der Waals surface area contributed by atoms with E-state index in [1.54, 1.807) is 6.07 Å². The van der Waals surface area contributed by atoms with E-state index >= 15 is 0 Å². The quantitative estimate of drug-likeness (QED) is 0.873. The molecule has 0 spiro atoms. The zero-order chi connectivity index (χ0) is 13.3. The molecule has 4 nitrogen and oxygen atoms in total. The number of aromatic nitrogens is 1. The maximum Gasteiger partial charge on any atom is 0.138 e. The highest BCUT2D eigenvalue weighted by molar-refractivity contribution is 5.27. The predicted octanol–water partition coefficient (Wildman–Crippen LogP) is 2.09. The van der Waals surface area contributed by atoms with Gasteiger partial charge in [-0.25, -0.2) is 0 Å². The summed E-state index contributed by atoms with van der Waals surface area (Å²) in [6, 6.07) is 3.54. The molecule has 2 rings (SSSR count). The van der Waals surface area contributed by atoms with Gasteiger partial charge in [-0.3, -0.25) is 9.88 Å².